The van der Waals surface area contributed by atoms with Crippen molar-refractivity contribution in [2.45, 2.75) is 40.5 Å². The molecule has 1 aliphatic carbocycles. The fraction of sp³-hybridized carbons (Fsp3) is 0.565. The molecule has 1 saturated heterocycles. The Labute approximate surface area is 172 Å². The van der Waals surface area contributed by atoms with E-state index in [0.29, 0.717) is 29.6 Å². The summed E-state index contributed by atoms with van der Waals surface area (Å²) >= 11 is 0. The lowest BCUT2D eigenvalue weighted by atomic mass is 10.0. The van der Waals surface area contributed by atoms with Gasteiger partial charge in [-0.25, -0.2) is 0 Å². The number of rotatable bonds is 6. The molecule has 4 rings (SSSR count). The van der Waals surface area contributed by atoms with Gasteiger partial charge < -0.3 is 19.5 Å². The second-order valence-corrected chi connectivity index (χ2v) is 9.34. The first-order chi connectivity index (χ1) is 13.8. The van der Waals surface area contributed by atoms with Crippen LogP contribution in [-0.4, -0.2) is 37.8 Å². The summed E-state index contributed by atoms with van der Waals surface area (Å²) in [5.41, 5.74) is 1.81. The Bertz CT molecular complexity index is 879. The standard InChI is InChI=1S/C23H31N3O3/c1-22(2)17(23(22,3)4)14-24-21(27)18-19(15-8-10-16(28-5)11-9-15)29-25-20(18)26-12-6-7-13-26/h8-11,17H,6-7,12-14H2,1-5H3,(H,24,27). The molecule has 0 atom stereocenters. The molecule has 6 nitrogen and oxygen atoms in total. The number of methoxy groups -OCH3 is 1. The average molecular weight is 398 g/mol. The number of nitrogens with one attached hydrogen (secondary N) is 1. The topological polar surface area (TPSA) is 67.6 Å². The van der Waals surface area contributed by atoms with Gasteiger partial charge in [-0.15, -0.1) is 0 Å². The first kappa shape index (κ1) is 19.8. The lowest BCUT2D eigenvalue weighted by Gasteiger charge is -2.15. The van der Waals surface area contributed by atoms with Crippen LogP contribution >= 0.6 is 0 Å². The minimum absolute atomic E-state index is 0.113. The van der Waals surface area contributed by atoms with Gasteiger partial charge in [-0.2, -0.15) is 0 Å². The van der Waals surface area contributed by atoms with E-state index in [4.69, 9.17) is 9.26 Å². The van der Waals surface area contributed by atoms with Gasteiger partial charge in [0.2, 0.25) is 0 Å². The first-order valence-electron chi connectivity index (χ1n) is 10.4. The van der Waals surface area contributed by atoms with Gasteiger partial charge in [0.15, 0.2) is 11.6 Å². The van der Waals surface area contributed by atoms with Gasteiger partial charge in [-0.1, -0.05) is 32.9 Å². The van der Waals surface area contributed by atoms with E-state index >= 15 is 0 Å². The van der Waals surface area contributed by atoms with Crippen LogP contribution in [0.5, 0.6) is 5.75 Å². The van der Waals surface area contributed by atoms with E-state index in [9.17, 15) is 4.79 Å². The molecule has 1 N–H and O–H groups in total. The number of anilines is 1. The fourth-order valence-corrected chi connectivity index (χ4v) is 4.70. The van der Waals surface area contributed by atoms with E-state index in [0.717, 1.165) is 37.2 Å². The summed E-state index contributed by atoms with van der Waals surface area (Å²) in [7, 11) is 1.63. The molecule has 0 radical (unpaired) electrons. The second-order valence-electron chi connectivity index (χ2n) is 9.34. The zero-order valence-corrected chi connectivity index (χ0v) is 18.0. The molecule has 2 fully saturated rings. The number of amides is 1. The van der Waals surface area contributed by atoms with Crippen LogP contribution in [0.15, 0.2) is 28.8 Å². The largest absolute Gasteiger partial charge is 0.497 e. The van der Waals surface area contributed by atoms with Crippen LogP contribution in [0.2, 0.25) is 0 Å². The quantitative estimate of drug-likeness (QED) is 0.784. The van der Waals surface area contributed by atoms with E-state index in [1.807, 2.05) is 24.3 Å². The Morgan fingerprint density at radius 2 is 1.79 bits per heavy atom. The zero-order chi connectivity index (χ0) is 20.8. The summed E-state index contributed by atoms with van der Waals surface area (Å²) in [6.45, 7) is 11.5. The molecule has 1 aliphatic heterocycles. The third kappa shape index (κ3) is 3.28. The molecule has 2 aliphatic rings. The van der Waals surface area contributed by atoms with Crippen LogP contribution in [0, 0.1) is 16.7 Å². The van der Waals surface area contributed by atoms with E-state index in [1.165, 1.54) is 0 Å². The van der Waals surface area contributed by atoms with Gasteiger partial charge in [-0.3, -0.25) is 4.79 Å². The Morgan fingerprint density at radius 3 is 2.34 bits per heavy atom. The van der Waals surface area contributed by atoms with Gasteiger partial charge in [0, 0.05) is 25.2 Å². The second kappa shape index (κ2) is 7.08. The SMILES string of the molecule is COc1ccc(-c2onc(N3CCCC3)c2C(=O)NCC2C(C)(C)C2(C)C)cc1. The fourth-order valence-electron chi connectivity index (χ4n) is 4.70. The van der Waals surface area contributed by atoms with Crippen molar-refractivity contribution in [1.82, 2.24) is 10.5 Å². The number of aromatic nitrogens is 1. The van der Waals surface area contributed by atoms with Crippen LogP contribution in [0.3, 0.4) is 0 Å². The number of benzene rings is 1. The monoisotopic (exact) mass is 397 g/mol. The minimum Gasteiger partial charge on any atom is -0.497 e. The van der Waals surface area contributed by atoms with Crippen LogP contribution in [0.1, 0.15) is 50.9 Å². The molecule has 156 valence electrons. The molecule has 1 aromatic carbocycles. The summed E-state index contributed by atoms with van der Waals surface area (Å²) in [4.78, 5) is 15.4. The number of hydrogen-bond acceptors (Lipinski definition) is 5. The van der Waals surface area contributed by atoms with Gasteiger partial charge in [0.1, 0.15) is 11.3 Å². The van der Waals surface area contributed by atoms with Crippen molar-refractivity contribution in [1.29, 1.82) is 0 Å². The normalized spacial score (nSPS) is 20.0. The molecule has 2 aromatic rings. The number of carbonyl (C=O) groups excluding carboxylic acids is 1. The van der Waals surface area contributed by atoms with Gasteiger partial charge in [-0.05, 0) is 53.9 Å². The Kier molecular flexibility index (Phi) is 4.83. The Morgan fingerprint density at radius 1 is 1.17 bits per heavy atom. The van der Waals surface area contributed by atoms with Crippen molar-refractivity contribution in [3.05, 3.63) is 29.8 Å². The maximum absolute atomic E-state index is 13.3. The highest BCUT2D eigenvalue weighted by Gasteiger charge is 2.64. The highest BCUT2D eigenvalue weighted by Crippen LogP contribution is 2.67. The summed E-state index contributed by atoms with van der Waals surface area (Å²) in [5, 5.41) is 7.46. The summed E-state index contributed by atoms with van der Waals surface area (Å²) < 4.78 is 10.9. The maximum Gasteiger partial charge on any atom is 0.259 e. The lowest BCUT2D eigenvalue weighted by Crippen LogP contribution is -2.29. The summed E-state index contributed by atoms with van der Waals surface area (Å²) in [6.07, 6.45) is 2.21. The molecular weight excluding hydrogens is 366 g/mol. The zero-order valence-electron chi connectivity index (χ0n) is 18.0. The van der Waals surface area contributed by atoms with Crippen molar-refractivity contribution in [3.63, 3.8) is 0 Å². The highest BCUT2D eigenvalue weighted by atomic mass is 16.5. The predicted octanol–water partition coefficient (Wildman–Crippen LogP) is 4.36. The number of carbonyl (C=O) groups is 1. The molecule has 0 spiro atoms. The minimum atomic E-state index is -0.113. The van der Waals surface area contributed by atoms with Gasteiger partial charge in [0.05, 0.1) is 7.11 Å². The van der Waals surface area contributed by atoms with E-state index in [1.54, 1.807) is 7.11 Å². The van der Waals surface area contributed by atoms with E-state index in [2.05, 4.69) is 43.1 Å². The molecule has 0 unspecified atom stereocenters. The molecule has 1 aromatic heterocycles. The lowest BCUT2D eigenvalue weighted by molar-refractivity contribution is 0.0950. The molecular formula is C23H31N3O3. The Balaban J connectivity index is 1.62. The van der Waals surface area contributed by atoms with Crippen LogP contribution < -0.4 is 15.0 Å². The van der Waals surface area contributed by atoms with E-state index in [-0.39, 0.29) is 16.7 Å². The number of hydrogen-bond donors (Lipinski definition) is 1. The van der Waals surface area contributed by atoms with Gasteiger partial charge >= 0.3 is 0 Å². The maximum atomic E-state index is 13.3. The van der Waals surface area contributed by atoms with Crippen molar-refractivity contribution >= 4 is 11.7 Å². The third-order valence-electron chi connectivity index (χ3n) is 7.45. The van der Waals surface area contributed by atoms with Crippen molar-refractivity contribution in [2.75, 3.05) is 31.6 Å². The van der Waals surface area contributed by atoms with Crippen LogP contribution in [-0.2, 0) is 0 Å². The van der Waals surface area contributed by atoms with Crippen LogP contribution in [0.25, 0.3) is 11.3 Å². The molecule has 0 bridgehead atoms. The average Bonchev–Trinajstić information content (AvgIpc) is 3.22. The first-order valence-corrected chi connectivity index (χ1v) is 10.4. The summed E-state index contributed by atoms with van der Waals surface area (Å²) in [5.74, 6) is 2.27. The molecule has 1 saturated carbocycles. The van der Waals surface area contributed by atoms with Crippen molar-refractivity contribution in [3.8, 4) is 17.1 Å². The van der Waals surface area contributed by atoms with Crippen LogP contribution in [0.4, 0.5) is 5.82 Å². The van der Waals surface area contributed by atoms with Gasteiger partial charge in [0.25, 0.3) is 5.91 Å². The van der Waals surface area contributed by atoms with Crippen molar-refractivity contribution < 1.29 is 14.1 Å². The molecule has 6 heteroatoms. The number of ether oxygens (including phenoxy) is 1. The smallest absolute Gasteiger partial charge is 0.259 e. The van der Waals surface area contributed by atoms with Crippen molar-refractivity contribution in [2.24, 2.45) is 16.7 Å². The van der Waals surface area contributed by atoms with E-state index < -0.39 is 0 Å². The Hall–Kier alpha value is -2.50. The number of nitrogens with zero attached hydrogens (tertiary/aromatic N) is 2. The molecule has 1 amide bonds. The molecule has 29 heavy (non-hydrogen) atoms. The summed E-state index contributed by atoms with van der Waals surface area (Å²) in [6, 6.07) is 7.53. The third-order valence-corrected chi connectivity index (χ3v) is 7.45. The highest BCUT2D eigenvalue weighted by molar-refractivity contribution is 6.04. The predicted molar refractivity (Wildman–Crippen MR) is 113 cm³/mol. The molecule has 2 heterocycles.